The fourth-order valence-corrected chi connectivity index (χ4v) is 3.79. The molecule has 3 aromatic rings. The minimum absolute atomic E-state index is 0.0131. The Balaban J connectivity index is 1.66. The standard InChI is InChI=1S/C18H21N5O/c1-11-16-13(7-6-8-14(16)22(3)21-11)19-18(24)17-12(2)23-10-5-4-9-15(23)20-17/h4-5,9-10,13H,6-8H2,1-3H3,(H,19,24). The number of carbonyl (C=O) groups is 1. The molecule has 0 saturated heterocycles. The van der Waals surface area contributed by atoms with E-state index in [4.69, 9.17) is 0 Å². The number of nitrogens with one attached hydrogen (secondary N) is 1. The van der Waals surface area contributed by atoms with Crippen molar-refractivity contribution in [3.8, 4) is 0 Å². The molecule has 6 heteroatoms. The van der Waals surface area contributed by atoms with E-state index in [1.54, 1.807) is 0 Å². The van der Waals surface area contributed by atoms with Crippen molar-refractivity contribution in [1.82, 2.24) is 24.5 Å². The summed E-state index contributed by atoms with van der Waals surface area (Å²) in [5.41, 5.74) is 5.57. The van der Waals surface area contributed by atoms with E-state index in [2.05, 4.69) is 15.4 Å². The molecule has 6 nitrogen and oxygen atoms in total. The van der Waals surface area contributed by atoms with Gasteiger partial charge in [0.2, 0.25) is 0 Å². The summed E-state index contributed by atoms with van der Waals surface area (Å²) >= 11 is 0. The van der Waals surface area contributed by atoms with E-state index in [-0.39, 0.29) is 11.9 Å². The molecule has 124 valence electrons. The van der Waals surface area contributed by atoms with Crippen LogP contribution in [-0.4, -0.2) is 25.1 Å². The van der Waals surface area contributed by atoms with E-state index in [0.29, 0.717) is 5.69 Å². The minimum Gasteiger partial charge on any atom is -0.344 e. The highest BCUT2D eigenvalue weighted by molar-refractivity contribution is 5.94. The Hall–Kier alpha value is -2.63. The van der Waals surface area contributed by atoms with Crippen LogP contribution in [0.1, 0.15) is 52.0 Å². The van der Waals surface area contributed by atoms with Crippen LogP contribution < -0.4 is 5.32 Å². The number of fused-ring (bicyclic) bond motifs is 2. The van der Waals surface area contributed by atoms with Gasteiger partial charge in [-0.15, -0.1) is 0 Å². The highest BCUT2D eigenvalue weighted by Crippen LogP contribution is 2.32. The third-order valence-corrected chi connectivity index (χ3v) is 4.94. The van der Waals surface area contributed by atoms with Crippen molar-refractivity contribution < 1.29 is 4.79 Å². The molecule has 0 fully saturated rings. The van der Waals surface area contributed by atoms with Gasteiger partial charge in [0.05, 0.1) is 17.4 Å². The highest BCUT2D eigenvalue weighted by Gasteiger charge is 2.28. The van der Waals surface area contributed by atoms with Gasteiger partial charge in [0.15, 0.2) is 0 Å². The van der Waals surface area contributed by atoms with Crippen LogP contribution in [0.4, 0.5) is 0 Å². The average Bonchev–Trinajstić information content (AvgIpc) is 3.06. The third-order valence-electron chi connectivity index (χ3n) is 4.94. The first-order valence-corrected chi connectivity index (χ1v) is 8.33. The molecular formula is C18H21N5O. The van der Waals surface area contributed by atoms with Crippen LogP contribution in [0.2, 0.25) is 0 Å². The zero-order valence-corrected chi connectivity index (χ0v) is 14.2. The number of pyridine rings is 1. The number of rotatable bonds is 2. The molecule has 0 aliphatic heterocycles. The predicted octanol–water partition coefficient (Wildman–Crippen LogP) is 2.49. The normalized spacial score (nSPS) is 17.0. The van der Waals surface area contributed by atoms with Crippen LogP contribution in [0.5, 0.6) is 0 Å². The molecule has 3 heterocycles. The van der Waals surface area contributed by atoms with Gasteiger partial charge >= 0.3 is 0 Å². The van der Waals surface area contributed by atoms with Crippen molar-refractivity contribution in [3.05, 3.63) is 52.7 Å². The number of imidazole rings is 1. The Bertz CT molecular complexity index is 936. The average molecular weight is 323 g/mol. The topological polar surface area (TPSA) is 64.2 Å². The summed E-state index contributed by atoms with van der Waals surface area (Å²) in [7, 11) is 1.97. The lowest BCUT2D eigenvalue weighted by atomic mass is 9.91. The molecule has 0 saturated carbocycles. The van der Waals surface area contributed by atoms with E-state index in [1.165, 1.54) is 11.3 Å². The van der Waals surface area contributed by atoms with Crippen LogP contribution in [0, 0.1) is 13.8 Å². The maximum absolute atomic E-state index is 12.8. The number of amides is 1. The van der Waals surface area contributed by atoms with Crippen molar-refractivity contribution in [2.75, 3.05) is 0 Å². The minimum atomic E-state index is -0.114. The second kappa shape index (κ2) is 5.47. The van der Waals surface area contributed by atoms with Gasteiger partial charge in [0.25, 0.3) is 5.91 Å². The van der Waals surface area contributed by atoms with E-state index in [0.717, 1.165) is 36.3 Å². The number of aromatic nitrogens is 4. The van der Waals surface area contributed by atoms with Gasteiger partial charge < -0.3 is 9.72 Å². The molecule has 1 aliphatic rings. The van der Waals surface area contributed by atoms with Crippen molar-refractivity contribution in [2.24, 2.45) is 7.05 Å². The Kier molecular flexibility index (Phi) is 3.40. The van der Waals surface area contributed by atoms with Crippen molar-refractivity contribution in [1.29, 1.82) is 0 Å². The number of nitrogens with zero attached hydrogens (tertiary/aromatic N) is 4. The van der Waals surface area contributed by atoms with Gasteiger partial charge in [0, 0.05) is 24.5 Å². The number of hydrogen-bond acceptors (Lipinski definition) is 3. The first kappa shape index (κ1) is 14.9. The summed E-state index contributed by atoms with van der Waals surface area (Å²) < 4.78 is 3.88. The molecule has 0 bridgehead atoms. The Labute approximate surface area is 140 Å². The van der Waals surface area contributed by atoms with Crippen LogP contribution in [0.3, 0.4) is 0 Å². The Morgan fingerprint density at radius 1 is 1.33 bits per heavy atom. The summed E-state index contributed by atoms with van der Waals surface area (Å²) in [5.74, 6) is -0.114. The molecular weight excluding hydrogens is 302 g/mol. The smallest absolute Gasteiger partial charge is 0.272 e. The summed E-state index contributed by atoms with van der Waals surface area (Å²) in [6, 6.07) is 5.79. The fraction of sp³-hybridized carbons (Fsp3) is 0.389. The second-order valence-corrected chi connectivity index (χ2v) is 6.46. The van der Waals surface area contributed by atoms with E-state index in [9.17, 15) is 4.79 Å². The monoisotopic (exact) mass is 323 g/mol. The molecule has 3 aromatic heterocycles. The van der Waals surface area contributed by atoms with Crippen LogP contribution in [0.25, 0.3) is 5.65 Å². The SMILES string of the molecule is Cc1nn(C)c2c1C(NC(=O)c1nc3ccccn3c1C)CCC2. The second-order valence-electron chi connectivity index (χ2n) is 6.46. The first-order valence-electron chi connectivity index (χ1n) is 8.33. The molecule has 0 radical (unpaired) electrons. The summed E-state index contributed by atoms with van der Waals surface area (Å²) in [5, 5.41) is 7.70. The maximum atomic E-state index is 12.8. The quantitative estimate of drug-likeness (QED) is 0.788. The largest absolute Gasteiger partial charge is 0.344 e. The Morgan fingerprint density at radius 2 is 2.17 bits per heavy atom. The van der Waals surface area contributed by atoms with Crippen LogP contribution in [-0.2, 0) is 13.5 Å². The van der Waals surface area contributed by atoms with Crippen molar-refractivity contribution in [3.63, 3.8) is 0 Å². The lowest BCUT2D eigenvalue weighted by Gasteiger charge is -2.24. The summed E-state index contributed by atoms with van der Waals surface area (Å²) in [6.45, 7) is 3.94. The van der Waals surface area contributed by atoms with Gasteiger partial charge in [0.1, 0.15) is 11.3 Å². The lowest BCUT2D eigenvalue weighted by molar-refractivity contribution is 0.0927. The van der Waals surface area contributed by atoms with Crippen molar-refractivity contribution in [2.45, 2.75) is 39.2 Å². The molecule has 1 aliphatic carbocycles. The molecule has 0 spiro atoms. The van der Waals surface area contributed by atoms with Gasteiger partial charge in [-0.1, -0.05) is 6.07 Å². The predicted molar refractivity (Wildman–Crippen MR) is 91.0 cm³/mol. The lowest BCUT2D eigenvalue weighted by Crippen LogP contribution is -2.32. The summed E-state index contributed by atoms with van der Waals surface area (Å²) in [6.07, 6.45) is 4.95. The fourth-order valence-electron chi connectivity index (χ4n) is 3.79. The zero-order chi connectivity index (χ0) is 16.8. The van der Waals surface area contributed by atoms with Gasteiger partial charge in [-0.3, -0.25) is 9.48 Å². The third kappa shape index (κ3) is 2.21. The Morgan fingerprint density at radius 3 is 2.96 bits per heavy atom. The first-order chi connectivity index (χ1) is 11.6. The molecule has 1 N–H and O–H groups in total. The zero-order valence-electron chi connectivity index (χ0n) is 14.2. The molecule has 1 atom stereocenters. The number of carbonyl (C=O) groups excluding carboxylic acids is 1. The van der Waals surface area contributed by atoms with Gasteiger partial charge in [-0.25, -0.2) is 4.98 Å². The van der Waals surface area contributed by atoms with Crippen LogP contribution >= 0.6 is 0 Å². The molecule has 4 rings (SSSR count). The highest BCUT2D eigenvalue weighted by atomic mass is 16.2. The molecule has 1 amide bonds. The maximum Gasteiger partial charge on any atom is 0.272 e. The van der Waals surface area contributed by atoms with E-state index in [1.807, 2.05) is 54.4 Å². The number of aryl methyl sites for hydroxylation is 3. The van der Waals surface area contributed by atoms with E-state index >= 15 is 0 Å². The van der Waals surface area contributed by atoms with Crippen molar-refractivity contribution >= 4 is 11.6 Å². The van der Waals surface area contributed by atoms with Gasteiger partial charge in [-0.05, 0) is 45.2 Å². The molecule has 0 aromatic carbocycles. The summed E-state index contributed by atoms with van der Waals surface area (Å²) in [4.78, 5) is 17.3. The van der Waals surface area contributed by atoms with Crippen LogP contribution in [0.15, 0.2) is 24.4 Å². The van der Waals surface area contributed by atoms with Gasteiger partial charge in [-0.2, -0.15) is 5.10 Å². The molecule has 1 unspecified atom stereocenters. The van der Waals surface area contributed by atoms with E-state index < -0.39 is 0 Å². The molecule has 24 heavy (non-hydrogen) atoms. The number of hydrogen-bond donors (Lipinski definition) is 1.